The van der Waals surface area contributed by atoms with E-state index in [0.717, 1.165) is 28.3 Å². The molecule has 2 aliphatic rings. The maximum Gasteiger partial charge on any atom is 0.417 e. The summed E-state index contributed by atoms with van der Waals surface area (Å²) in [5, 5.41) is 14.1. The number of benzene rings is 3. The molecule has 2 unspecified atom stereocenters. The smallest absolute Gasteiger partial charge is 0.417 e. The summed E-state index contributed by atoms with van der Waals surface area (Å²) in [6.07, 6.45) is 3.12. The molecule has 5 amide bonds. The van der Waals surface area contributed by atoms with Crippen LogP contribution in [0.15, 0.2) is 63.8 Å². The third-order valence-corrected chi connectivity index (χ3v) is 10.3. The Morgan fingerprint density at radius 3 is 2.39 bits per heavy atom. The van der Waals surface area contributed by atoms with E-state index in [4.69, 9.17) is 9.15 Å². The van der Waals surface area contributed by atoms with Gasteiger partial charge in [0.15, 0.2) is 11.4 Å². The van der Waals surface area contributed by atoms with E-state index in [0.29, 0.717) is 50.8 Å². The summed E-state index contributed by atoms with van der Waals surface area (Å²) in [6, 6.07) is 14.1. The number of ether oxygens (including phenoxy) is 1. The number of oxazole rings is 1. The summed E-state index contributed by atoms with van der Waals surface area (Å²) >= 11 is 0. The quantitative estimate of drug-likeness (QED) is 0.119. The molecule has 14 nitrogen and oxygen atoms in total. The van der Waals surface area contributed by atoms with Crippen LogP contribution >= 0.6 is 0 Å². The summed E-state index contributed by atoms with van der Waals surface area (Å²) in [4.78, 5) is 78.3. The van der Waals surface area contributed by atoms with Crippen molar-refractivity contribution in [3.05, 3.63) is 87.7 Å². The Bertz CT molecular complexity index is 2200. The molecular formula is C42H49FN6O8. The number of piperidine rings is 1. The molecule has 4 aromatic rings. The molecule has 2 fully saturated rings. The van der Waals surface area contributed by atoms with Crippen LogP contribution in [-0.4, -0.2) is 65.5 Å². The fourth-order valence-corrected chi connectivity index (χ4v) is 7.35. The molecule has 6 rings (SSSR count). The van der Waals surface area contributed by atoms with E-state index in [2.05, 4.69) is 31.6 Å². The number of aromatic nitrogens is 1. The van der Waals surface area contributed by atoms with Gasteiger partial charge in [-0.3, -0.25) is 24.2 Å². The van der Waals surface area contributed by atoms with E-state index in [1.54, 1.807) is 26.8 Å². The number of aromatic amines is 1. The lowest BCUT2D eigenvalue weighted by Crippen LogP contribution is -2.48. The van der Waals surface area contributed by atoms with E-state index >= 15 is 0 Å². The molecule has 1 saturated heterocycles. The van der Waals surface area contributed by atoms with Gasteiger partial charge < -0.3 is 35.7 Å². The Balaban J connectivity index is 1.12. The summed E-state index contributed by atoms with van der Waals surface area (Å²) < 4.78 is 24.9. The second kappa shape index (κ2) is 17.4. The largest absolute Gasteiger partial charge is 0.444 e. The van der Waals surface area contributed by atoms with Gasteiger partial charge in [-0.15, -0.1) is 0 Å². The maximum absolute atomic E-state index is 14.8. The third-order valence-electron chi connectivity index (χ3n) is 10.3. The Kier molecular flexibility index (Phi) is 12.4. The lowest BCUT2D eigenvalue weighted by molar-refractivity contribution is -0.130. The van der Waals surface area contributed by atoms with E-state index in [1.807, 2.05) is 43.3 Å². The van der Waals surface area contributed by atoms with Crippen molar-refractivity contribution < 1.29 is 37.5 Å². The van der Waals surface area contributed by atoms with Gasteiger partial charge in [-0.25, -0.2) is 14.0 Å². The summed E-state index contributed by atoms with van der Waals surface area (Å²) in [5.74, 6) is -3.01. The first-order valence-electron chi connectivity index (χ1n) is 19.3. The molecule has 0 bridgehead atoms. The van der Waals surface area contributed by atoms with Crippen molar-refractivity contribution in [3.8, 4) is 11.1 Å². The number of rotatable bonds is 11. The molecule has 57 heavy (non-hydrogen) atoms. The van der Waals surface area contributed by atoms with Crippen LogP contribution in [-0.2, 0) is 25.5 Å². The van der Waals surface area contributed by atoms with Gasteiger partial charge in [-0.05, 0) is 106 Å². The third kappa shape index (κ3) is 10.9. The van der Waals surface area contributed by atoms with E-state index in [9.17, 15) is 33.2 Å². The van der Waals surface area contributed by atoms with Crippen molar-refractivity contribution in [2.45, 2.75) is 90.3 Å². The molecule has 15 heteroatoms. The Labute approximate surface area is 329 Å². The van der Waals surface area contributed by atoms with E-state index in [-0.39, 0.29) is 65.2 Å². The van der Waals surface area contributed by atoms with Gasteiger partial charge in [0.2, 0.25) is 17.7 Å². The average molecular weight is 785 g/mol. The van der Waals surface area contributed by atoms with Gasteiger partial charge in [0.1, 0.15) is 11.6 Å². The van der Waals surface area contributed by atoms with Crippen LogP contribution in [0.3, 0.4) is 0 Å². The molecule has 6 N–H and O–H groups in total. The van der Waals surface area contributed by atoms with E-state index in [1.165, 1.54) is 6.07 Å². The fraction of sp³-hybridized carbons (Fsp3) is 0.429. The van der Waals surface area contributed by atoms with Gasteiger partial charge in [-0.1, -0.05) is 30.3 Å². The molecule has 2 heterocycles. The summed E-state index contributed by atoms with van der Waals surface area (Å²) in [7, 11) is 0. The van der Waals surface area contributed by atoms with Crippen molar-refractivity contribution in [1.82, 2.24) is 26.3 Å². The first-order valence-corrected chi connectivity index (χ1v) is 19.3. The number of carbonyl (C=O) groups is 5. The number of nitrogens with one attached hydrogen (secondary N) is 6. The highest BCUT2D eigenvalue weighted by molar-refractivity contribution is 5.99. The molecule has 3 aromatic carbocycles. The standard InChI is InChI=1S/C42H49FN6O8/c1-23-17-28(38(52)46-29-15-16-44-35(50)21-29)13-14-31(23)26-9-5-24(6-10-26)18-34(39(53)47-30-19-32(43)36-33(20-30)49-41(55)56-36)48-37(51)27-11-7-25(8-12-27)22-45-40(54)57-42(2,3)4/h5-6,9-10,13-14,17,19-20,25,27,29,34H,7-8,11-12,15-16,18,21-22H2,1-4H3,(H,44,50)(H,45,54)(H,46,52)(H,47,53)(H,48,51)(H,49,55). The maximum atomic E-state index is 14.8. The molecule has 1 saturated carbocycles. The predicted octanol–water partition coefficient (Wildman–Crippen LogP) is 5.24. The Morgan fingerprint density at radius 1 is 0.965 bits per heavy atom. The van der Waals surface area contributed by atoms with Crippen LogP contribution in [0.4, 0.5) is 14.9 Å². The number of aryl methyl sites for hydroxylation is 1. The topological polar surface area (TPSA) is 201 Å². The molecule has 1 aliphatic heterocycles. The normalized spacial score (nSPS) is 18.9. The van der Waals surface area contributed by atoms with Gasteiger partial charge in [-0.2, -0.15) is 0 Å². The lowest BCUT2D eigenvalue weighted by Gasteiger charge is -2.29. The van der Waals surface area contributed by atoms with Crippen LogP contribution in [0.1, 0.15) is 80.8 Å². The molecule has 302 valence electrons. The van der Waals surface area contributed by atoms with Gasteiger partial charge in [0, 0.05) is 55.2 Å². The molecule has 1 aliphatic carbocycles. The van der Waals surface area contributed by atoms with Crippen molar-refractivity contribution in [1.29, 1.82) is 0 Å². The lowest BCUT2D eigenvalue weighted by atomic mass is 9.81. The number of amides is 5. The number of hydrogen-bond acceptors (Lipinski definition) is 8. The monoisotopic (exact) mass is 784 g/mol. The van der Waals surface area contributed by atoms with Crippen molar-refractivity contribution in [3.63, 3.8) is 0 Å². The first-order chi connectivity index (χ1) is 27.1. The van der Waals surface area contributed by atoms with Crippen LogP contribution in [0, 0.1) is 24.6 Å². The van der Waals surface area contributed by atoms with Crippen LogP contribution in [0.5, 0.6) is 0 Å². The van der Waals surface area contributed by atoms with E-state index < -0.39 is 35.2 Å². The minimum Gasteiger partial charge on any atom is -0.444 e. The predicted molar refractivity (Wildman–Crippen MR) is 211 cm³/mol. The molecule has 1 aromatic heterocycles. The number of alkyl carbamates (subject to hydrolysis) is 1. The van der Waals surface area contributed by atoms with Crippen LogP contribution in [0.2, 0.25) is 0 Å². The molecule has 2 atom stereocenters. The van der Waals surface area contributed by atoms with Gasteiger partial charge >= 0.3 is 11.8 Å². The second-order valence-electron chi connectivity index (χ2n) is 15.9. The molecular weight excluding hydrogens is 735 g/mol. The van der Waals surface area contributed by atoms with Crippen LogP contribution < -0.4 is 32.3 Å². The SMILES string of the molecule is Cc1cc(C(=O)NC2CCNC(=O)C2)ccc1-c1ccc(CC(NC(=O)C2CCC(CNC(=O)OC(C)(C)C)CC2)C(=O)Nc2cc(F)c3oc(=O)[nH]c3c2)cc1. The minimum atomic E-state index is -1.04. The van der Waals surface area contributed by atoms with Crippen molar-refractivity contribution in [2.75, 3.05) is 18.4 Å². The Hall–Kier alpha value is -5.99. The number of H-pyrrole nitrogens is 1. The van der Waals surface area contributed by atoms with Crippen molar-refractivity contribution in [2.24, 2.45) is 11.8 Å². The minimum absolute atomic E-state index is 0.0754. The fourth-order valence-electron chi connectivity index (χ4n) is 7.35. The van der Waals surface area contributed by atoms with Gasteiger partial charge in [0.25, 0.3) is 5.91 Å². The number of anilines is 1. The summed E-state index contributed by atoms with van der Waals surface area (Å²) in [6.45, 7) is 8.27. The number of halogens is 1. The second-order valence-corrected chi connectivity index (χ2v) is 15.9. The highest BCUT2D eigenvalue weighted by Crippen LogP contribution is 2.30. The van der Waals surface area contributed by atoms with Crippen LogP contribution in [0.25, 0.3) is 22.2 Å². The Morgan fingerprint density at radius 2 is 1.70 bits per heavy atom. The number of fused-ring (bicyclic) bond motifs is 1. The first kappa shape index (κ1) is 40.7. The summed E-state index contributed by atoms with van der Waals surface area (Å²) in [5.41, 5.74) is 3.20. The average Bonchev–Trinajstić information content (AvgIpc) is 3.54. The molecule has 0 spiro atoms. The number of hydrogen-bond donors (Lipinski definition) is 6. The van der Waals surface area contributed by atoms with Gasteiger partial charge in [0.05, 0.1) is 5.52 Å². The van der Waals surface area contributed by atoms with Crippen molar-refractivity contribution >= 4 is 46.5 Å². The number of carbonyl (C=O) groups excluding carboxylic acids is 5. The zero-order valence-electron chi connectivity index (χ0n) is 32.5. The highest BCUT2D eigenvalue weighted by Gasteiger charge is 2.31. The zero-order valence-corrected chi connectivity index (χ0v) is 32.5. The zero-order chi connectivity index (χ0) is 40.9. The highest BCUT2D eigenvalue weighted by atomic mass is 19.1. The molecule has 0 radical (unpaired) electrons.